The second-order valence-electron chi connectivity index (χ2n) is 5.45. The molecule has 1 aromatic rings. The van der Waals surface area contributed by atoms with Gasteiger partial charge in [0, 0.05) is 10.5 Å². The second-order valence-corrected chi connectivity index (χ2v) is 7.99. The van der Waals surface area contributed by atoms with E-state index < -0.39 is 10.0 Å². The predicted molar refractivity (Wildman–Crippen MR) is 84.3 cm³/mol. The molecule has 6 heteroatoms. The van der Waals surface area contributed by atoms with Crippen LogP contribution in [-0.2, 0) is 10.0 Å². The van der Waals surface area contributed by atoms with Gasteiger partial charge in [0.1, 0.15) is 0 Å². The minimum absolute atomic E-state index is 0.0685. The molecule has 112 valence electrons. The highest BCUT2D eigenvalue weighted by Gasteiger charge is 2.26. The molecule has 2 N–H and O–H groups in total. The molecule has 20 heavy (non-hydrogen) atoms. The van der Waals surface area contributed by atoms with E-state index in [1.807, 2.05) is 26.0 Å². The van der Waals surface area contributed by atoms with E-state index in [2.05, 4.69) is 26.0 Å². The average molecular weight is 361 g/mol. The molecule has 1 saturated heterocycles. The summed E-state index contributed by atoms with van der Waals surface area (Å²) < 4.78 is 28.3. The molecular formula is C14H21BrN2O2S. The number of hydrogen-bond donors (Lipinski definition) is 2. The Morgan fingerprint density at radius 2 is 2.20 bits per heavy atom. The first kappa shape index (κ1) is 15.9. The van der Waals surface area contributed by atoms with E-state index in [1.54, 1.807) is 6.07 Å². The van der Waals surface area contributed by atoms with Crippen molar-refractivity contribution in [2.75, 3.05) is 13.1 Å². The lowest BCUT2D eigenvalue weighted by atomic mass is 9.94. The third-order valence-electron chi connectivity index (χ3n) is 3.76. The fourth-order valence-electron chi connectivity index (χ4n) is 2.53. The standard InChI is InChI=1S/C14H21BrN2O2S/c1-10-5-6-14(13(15)8-10)20(18,19)17-11(2)12-4-3-7-16-9-12/h5-6,8,11-12,16-17H,3-4,7,9H2,1-2H3. The number of piperidine rings is 1. The smallest absolute Gasteiger partial charge is 0.241 e. The minimum Gasteiger partial charge on any atom is -0.316 e. The van der Waals surface area contributed by atoms with Crippen LogP contribution in [0.4, 0.5) is 0 Å². The van der Waals surface area contributed by atoms with Crippen LogP contribution in [0.15, 0.2) is 27.6 Å². The van der Waals surface area contributed by atoms with Crippen molar-refractivity contribution < 1.29 is 8.42 Å². The van der Waals surface area contributed by atoms with Crippen LogP contribution >= 0.6 is 15.9 Å². The lowest BCUT2D eigenvalue weighted by molar-refractivity contribution is 0.320. The fourth-order valence-corrected chi connectivity index (χ4v) is 5.04. The van der Waals surface area contributed by atoms with Crippen LogP contribution in [0.1, 0.15) is 25.3 Å². The Labute approximate surface area is 129 Å². The van der Waals surface area contributed by atoms with E-state index in [-0.39, 0.29) is 6.04 Å². The van der Waals surface area contributed by atoms with Crippen LogP contribution in [0.25, 0.3) is 0 Å². The first-order chi connectivity index (χ1) is 9.40. The van der Waals surface area contributed by atoms with Gasteiger partial charge in [-0.25, -0.2) is 13.1 Å². The van der Waals surface area contributed by atoms with E-state index in [4.69, 9.17) is 0 Å². The van der Waals surface area contributed by atoms with Gasteiger partial charge in [-0.15, -0.1) is 0 Å². The largest absolute Gasteiger partial charge is 0.316 e. The van der Waals surface area contributed by atoms with Gasteiger partial charge in [-0.1, -0.05) is 6.07 Å². The molecule has 0 spiro atoms. The van der Waals surface area contributed by atoms with Gasteiger partial charge in [0.25, 0.3) is 0 Å². The summed E-state index contributed by atoms with van der Waals surface area (Å²) in [6, 6.07) is 5.21. The second kappa shape index (κ2) is 6.56. The highest BCUT2D eigenvalue weighted by Crippen LogP contribution is 2.24. The van der Waals surface area contributed by atoms with Crippen molar-refractivity contribution in [1.82, 2.24) is 10.0 Å². The average Bonchev–Trinajstić information content (AvgIpc) is 2.38. The normalized spacial score (nSPS) is 21.6. The quantitative estimate of drug-likeness (QED) is 0.866. The van der Waals surface area contributed by atoms with Gasteiger partial charge in [-0.3, -0.25) is 0 Å². The molecule has 1 aliphatic heterocycles. The number of halogens is 1. The van der Waals surface area contributed by atoms with Gasteiger partial charge in [0.15, 0.2) is 0 Å². The molecule has 2 rings (SSSR count). The molecule has 0 aromatic heterocycles. The van der Waals surface area contributed by atoms with Gasteiger partial charge in [-0.05, 0) is 79.3 Å². The molecule has 4 nitrogen and oxygen atoms in total. The van der Waals surface area contributed by atoms with E-state index in [0.29, 0.717) is 15.3 Å². The number of hydrogen-bond acceptors (Lipinski definition) is 3. The van der Waals surface area contributed by atoms with Crippen molar-refractivity contribution in [3.8, 4) is 0 Å². The van der Waals surface area contributed by atoms with Crippen molar-refractivity contribution in [2.45, 2.75) is 37.6 Å². The zero-order valence-electron chi connectivity index (χ0n) is 11.8. The molecular weight excluding hydrogens is 340 g/mol. The number of aryl methyl sites for hydroxylation is 1. The van der Waals surface area contributed by atoms with Crippen LogP contribution in [0, 0.1) is 12.8 Å². The SMILES string of the molecule is Cc1ccc(S(=O)(=O)NC(C)C2CCCNC2)c(Br)c1. The molecule has 1 heterocycles. The van der Waals surface area contributed by atoms with Gasteiger partial charge < -0.3 is 5.32 Å². The lowest BCUT2D eigenvalue weighted by Crippen LogP contribution is -2.44. The van der Waals surface area contributed by atoms with Crippen LogP contribution in [0.3, 0.4) is 0 Å². The maximum absolute atomic E-state index is 12.5. The number of sulfonamides is 1. The summed E-state index contributed by atoms with van der Waals surface area (Å²) in [4.78, 5) is 0.304. The van der Waals surface area contributed by atoms with Crippen molar-refractivity contribution in [3.63, 3.8) is 0 Å². The van der Waals surface area contributed by atoms with Crippen molar-refractivity contribution in [2.24, 2.45) is 5.92 Å². The van der Waals surface area contributed by atoms with Crippen LogP contribution in [-0.4, -0.2) is 27.5 Å². The third-order valence-corrected chi connectivity index (χ3v) is 6.30. The number of benzene rings is 1. The topological polar surface area (TPSA) is 58.2 Å². The zero-order valence-corrected chi connectivity index (χ0v) is 14.2. The maximum Gasteiger partial charge on any atom is 0.241 e. The van der Waals surface area contributed by atoms with E-state index in [9.17, 15) is 8.42 Å². The Kier molecular flexibility index (Phi) is 5.23. The van der Waals surface area contributed by atoms with Crippen LogP contribution < -0.4 is 10.0 Å². The van der Waals surface area contributed by atoms with E-state index in [0.717, 1.165) is 31.5 Å². The number of rotatable bonds is 4. The highest BCUT2D eigenvalue weighted by molar-refractivity contribution is 9.10. The summed E-state index contributed by atoms with van der Waals surface area (Å²) in [7, 11) is -3.48. The van der Waals surface area contributed by atoms with Crippen LogP contribution in [0.5, 0.6) is 0 Å². The Hall–Kier alpha value is -0.430. The molecule has 0 amide bonds. The van der Waals surface area contributed by atoms with Gasteiger partial charge in [0.2, 0.25) is 10.0 Å². The summed E-state index contributed by atoms with van der Waals surface area (Å²) in [5.41, 5.74) is 1.03. The summed E-state index contributed by atoms with van der Waals surface area (Å²) in [5, 5.41) is 3.32. The third kappa shape index (κ3) is 3.81. The molecule has 1 fully saturated rings. The molecule has 0 aliphatic carbocycles. The first-order valence-electron chi connectivity index (χ1n) is 6.89. The Morgan fingerprint density at radius 1 is 1.45 bits per heavy atom. The fraction of sp³-hybridized carbons (Fsp3) is 0.571. The predicted octanol–water partition coefficient (Wildman–Crippen LogP) is 2.42. The molecule has 0 saturated carbocycles. The summed E-state index contributed by atoms with van der Waals surface area (Å²) in [6.07, 6.45) is 2.16. The van der Waals surface area contributed by atoms with Gasteiger partial charge >= 0.3 is 0 Å². The van der Waals surface area contributed by atoms with Crippen molar-refractivity contribution >= 4 is 26.0 Å². The molecule has 1 aromatic carbocycles. The Morgan fingerprint density at radius 3 is 2.80 bits per heavy atom. The maximum atomic E-state index is 12.5. The summed E-state index contributed by atoms with van der Waals surface area (Å²) in [5.74, 6) is 0.350. The van der Waals surface area contributed by atoms with E-state index >= 15 is 0 Å². The molecule has 1 aliphatic rings. The summed E-state index contributed by atoms with van der Waals surface area (Å²) >= 11 is 3.34. The van der Waals surface area contributed by atoms with E-state index in [1.165, 1.54) is 0 Å². The van der Waals surface area contributed by atoms with Crippen LogP contribution in [0.2, 0.25) is 0 Å². The molecule has 0 bridgehead atoms. The minimum atomic E-state index is -3.48. The Balaban J connectivity index is 2.13. The van der Waals surface area contributed by atoms with Gasteiger partial charge in [0.05, 0.1) is 4.90 Å². The zero-order chi connectivity index (χ0) is 14.8. The molecule has 2 unspecified atom stereocenters. The van der Waals surface area contributed by atoms with Gasteiger partial charge in [-0.2, -0.15) is 0 Å². The van der Waals surface area contributed by atoms with Crippen molar-refractivity contribution in [1.29, 1.82) is 0 Å². The monoisotopic (exact) mass is 360 g/mol. The van der Waals surface area contributed by atoms with Crippen molar-refractivity contribution in [3.05, 3.63) is 28.2 Å². The lowest BCUT2D eigenvalue weighted by Gasteiger charge is -2.28. The molecule has 0 radical (unpaired) electrons. The Bertz CT molecular complexity index is 569. The molecule has 2 atom stereocenters. The number of nitrogens with one attached hydrogen (secondary N) is 2. The summed E-state index contributed by atoms with van der Waals surface area (Å²) in [6.45, 7) is 5.78. The highest BCUT2D eigenvalue weighted by atomic mass is 79.9. The first-order valence-corrected chi connectivity index (χ1v) is 9.17.